The summed E-state index contributed by atoms with van der Waals surface area (Å²) >= 11 is 0. The van der Waals surface area contributed by atoms with Crippen molar-refractivity contribution in [2.45, 2.75) is 63.8 Å². The molecule has 2 fully saturated rings. The van der Waals surface area contributed by atoms with E-state index in [0.29, 0.717) is 25.8 Å². The van der Waals surface area contributed by atoms with Crippen LogP contribution in [0.1, 0.15) is 37.7 Å². The second kappa shape index (κ2) is 8.94. The van der Waals surface area contributed by atoms with Crippen LogP contribution in [0.4, 0.5) is 0 Å². The highest BCUT2D eigenvalue weighted by Crippen LogP contribution is 2.19. The summed E-state index contributed by atoms with van der Waals surface area (Å²) < 4.78 is 13.2. The molecular formula is C18H31N3O3. The molecule has 1 aromatic heterocycles. The van der Waals surface area contributed by atoms with Crippen molar-refractivity contribution in [1.82, 2.24) is 14.7 Å². The number of hydrogen-bond acceptors (Lipinski definition) is 5. The van der Waals surface area contributed by atoms with E-state index < -0.39 is 6.10 Å². The van der Waals surface area contributed by atoms with Gasteiger partial charge in [-0.3, -0.25) is 9.58 Å². The Kier molecular flexibility index (Phi) is 6.66. The van der Waals surface area contributed by atoms with Crippen LogP contribution >= 0.6 is 0 Å². The third-order valence-electron chi connectivity index (χ3n) is 4.99. The fourth-order valence-electron chi connectivity index (χ4n) is 3.72. The normalized spacial score (nSPS) is 26.8. The summed E-state index contributed by atoms with van der Waals surface area (Å²) in [4.78, 5) is 2.40. The molecule has 3 unspecified atom stereocenters. The SMILES string of the molecule is Cc1cnn(CC2CCCCN2CC(O)COCC2CCCO2)c1. The number of rotatable bonds is 8. The summed E-state index contributed by atoms with van der Waals surface area (Å²) in [5, 5.41) is 14.7. The van der Waals surface area contributed by atoms with E-state index in [1.807, 2.05) is 10.9 Å². The number of piperidine rings is 1. The number of β-amino-alcohol motifs (C(OH)–C–C–N with tert-alkyl or cyclic N) is 1. The Morgan fingerprint density at radius 2 is 2.29 bits per heavy atom. The minimum atomic E-state index is -0.439. The maximum Gasteiger partial charge on any atom is 0.0900 e. The van der Waals surface area contributed by atoms with E-state index >= 15 is 0 Å². The van der Waals surface area contributed by atoms with Crippen molar-refractivity contribution in [3.05, 3.63) is 18.0 Å². The number of nitrogens with zero attached hydrogens (tertiary/aromatic N) is 3. The van der Waals surface area contributed by atoms with Crippen molar-refractivity contribution >= 4 is 0 Å². The number of likely N-dealkylation sites (tertiary alicyclic amines) is 1. The zero-order valence-electron chi connectivity index (χ0n) is 14.8. The maximum absolute atomic E-state index is 10.3. The molecule has 0 radical (unpaired) electrons. The van der Waals surface area contributed by atoms with Gasteiger partial charge in [0.25, 0.3) is 0 Å². The lowest BCUT2D eigenvalue weighted by Crippen LogP contribution is -2.46. The van der Waals surface area contributed by atoms with Gasteiger partial charge in [0.2, 0.25) is 0 Å². The molecule has 1 aromatic rings. The van der Waals surface area contributed by atoms with E-state index in [-0.39, 0.29) is 6.10 Å². The van der Waals surface area contributed by atoms with Crippen LogP contribution in [0, 0.1) is 6.92 Å². The van der Waals surface area contributed by atoms with Crippen molar-refractivity contribution in [3.8, 4) is 0 Å². The third kappa shape index (κ3) is 5.28. The Morgan fingerprint density at radius 1 is 1.38 bits per heavy atom. The lowest BCUT2D eigenvalue weighted by Gasteiger charge is -2.36. The first-order valence-electron chi connectivity index (χ1n) is 9.31. The summed E-state index contributed by atoms with van der Waals surface area (Å²) in [6.07, 6.45) is 9.61. The fraction of sp³-hybridized carbons (Fsp3) is 0.833. The Hall–Kier alpha value is -0.950. The highest BCUT2D eigenvalue weighted by atomic mass is 16.5. The number of aliphatic hydroxyl groups excluding tert-OH is 1. The minimum absolute atomic E-state index is 0.225. The summed E-state index contributed by atoms with van der Waals surface area (Å²) in [5.74, 6) is 0. The molecule has 3 rings (SSSR count). The number of aliphatic hydroxyl groups is 1. The molecule has 6 heteroatoms. The standard InChI is InChI=1S/C18H31N3O3/c1-15-9-19-21(10-15)11-16-5-2-3-7-20(16)12-17(22)13-23-14-18-6-4-8-24-18/h9-10,16-18,22H,2-8,11-14H2,1H3. The molecule has 136 valence electrons. The van der Waals surface area contributed by atoms with Crippen LogP contribution in [0.2, 0.25) is 0 Å². The van der Waals surface area contributed by atoms with E-state index in [4.69, 9.17) is 9.47 Å². The molecular weight excluding hydrogens is 306 g/mol. The summed E-state index contributed by atoms with van der Waals surface area (Å²) in [7, 11) is 0. The van der Waals surface area contributed by atoms with Gasteiger partial charge in [-0.2, -0.15) is 5.10 Å². The molecule has 2 aliphatic heterocycles. The highest BCUT2D eigenvalue weighted by molar-refractivity contribution is 4.99. The molecule has 1 N–H and O–H groups in total. The molecule has 2 aliphatic rings. The molecule has 0 spiro atoms. The van der Waals surface area contributed by atoms with Crippen molar-refractivity contribution in [2.75, 3.05) is 32.9 Å². The molecule has 2 saturated heterocycles. The first-order valence-corrected chi connectivity index (χ1v) is 9.31. The zero-order chi connectivity index (χ0) is 16.8. The van der Waals surface area contributed by atoms with Crippen LogP contribution in [0.5, 0.6) is 0 Å². The van der Waals surface area contributed by atoms with Gasteiger partial charge in [-0.05, 0) is 44.7 Å². The molecule has 0 aromatic carbocycles. The summed E-state index contributed by atoms with van der Waals surface area (Å²) in [5.41, 5.74) is 1.19. The molecule has 3 atom stereocenters. The van der Waals surface area contributed by atoms with Crippen molar-refractivity contribution in [1.29, 1.82) is 0 Å². The van der Waals surface area contributed by atoms with Gasteiger partial charge in [0.1, 0.15) is 0 Å². The molecule has 0 amide bonds. The molecule has 0 bridgehead atoms. The Bertz CT molecular complexity index is 488. The van der Waals surface area contributed by atoms with Gasteiger partial charge >= 0.3 is 0 Å². The Balaban J connectivity index is 1.42. The monoisotopic (exact) mass is 337 g/mol. The maximum atomic E-state index is 10.3. The predicted octanol–water partition coefficient (Wildman–Crippen LogP) is 1.60. The predicted molar refractivity (Wildman–Crippen MR) is 92.0 cm³/mol. The first kappa shape index (κ1) is 17.9. The number of aryl methyl sites for hydroxylation is 1. The van der Waals surface area contributed by atoms with Gasteiger partial charge < -0.3 is 14.6 Å². The molecule has 24 heavy (non-hydrogen) atoms. The lowest BCUT2D eigenvalue weighted by atomic mass is 10.0. The minimum Gasteiger partial charge on any atom is -0.389 e. The van der Waals surface area contributed by atoms with E-state index in [1.165, 1.54) is 24.8 Å². The van der Waals surface area contributed by atoms with Gasteiger partial charge in [-0.1, -0.05) is 6.42 Å². The van der Waals surface area contributed by atoms with Crippen LogP contribution in [0.3, 0.4) is 0 Å². The van der Waals surface area contributed by atoms with Crippen LogP contribution in [0.15, 0.2) is 12.4 Å². The quantitative estimate of drug-likeness (QED) is 0.781. The molecule has 0 aliphatic carbocycles. The number of aromatic nitrogens is 2. The Morgan fingerprint density at radius 3 is 3.04 bits per heavy atom. The van der Waals surface area contributed by atoms with Gasteiger partial charge in [-0.15, -0.1) is 0 Å². The number of ether oxygens (including phenoxy) is 2. The van der Waals surface area contributed by atoms with Crippen molar-refractivity contribution in [3.63, 3.8) is 0 Å². The largest absolute Gasteiger partial charge is 0.389 e. The van der Waals surface area contributed by atoms with Crippen LogP contribution in [0.25, 0.3) is 0 Å². The van der Waals surface area contributed by atoms with Crippen molar-refractivity contribution < 1.29 is 14.6 Å². The average Bonchev–Trinajstić information content (AvgIpc) is 3.21. The fourth-order valence-corrected chi connectivity index (χ4v) is 3.72. The lowest BCUT2D eigenvalue weighted by molar-refractivity contribution is -0.0322. The average molecular weight is 337 g/mol. The van der Waals surface area contributed by atoms with Gasteiger partial charge in [0, 0.05) is 25.4 Å². The van der Waals surface area contributed by atoms with Crippen LogP contribution < -0.4 is 0 Å². The van der Waals surface area contributed by atoms with Gasteiger partial charge in [-0.25, -0.2) is 0 Å². The topological polar surface area (TPSA) is 59.8 Å². The second-order valence-corrected chi connectivity index (χ2v) is 7.21. The van der Waals surface area contributed by atoms with E-state index in [0.717, 1.165) is 32.5 Å². The van der Waals surface area contributed by atoms with Gasteiger partial charge in [0.05, 0.1) is 38.2 Å². The first-order chi connectivity index (χ1) is 11.7. The van der Waals surface area contributed by atoms with E-state index in [1.54, 1.807) is 0 Å². The smallest absolute Gasteiger partial charge is 0.0900 e. The second-order valence-electron chi connectivity index (χ2n) is 7.21. The van der Waals surface area contributed by atoms with Crippen molar-refractivity contribution in [2.24, 2.45) is 0 Å². The molecule has 3 heterocycles. The summed E-state index contributed by atoms with van der Waals surface area (Å²) in [6, 6.07) is 0.450. The Labute approximate surface area is 144 Å². The van der Waals surface area contributed by atoms with Crippen LogP contribution in [-0.4, -0.2) is 70.9 Å². The van der Waals surface area contributed by atoms with Crippen LogP contribution in [-0.2, 0) is 16.0 Å². The van der Waals surface area contributed by atoms with Gasteiger partial charge in [0.15, 0.2) is 0 Å². The molecule has 6 nitrogen and oxygen atoms in total. The highest BCUT2D eigenvalue weighted by Gasteiger charge is 2.25. The third-order valence-corrected chi connectivity index (χ3v) is 4.99. The van der Waals surface area contributed by atoms with E-state index in [9.17, 15) is 5.11 Å². The molecule has 0 saturated carbocycles. The van der Waals surface area contributed by atoms with E-state index in [2.05, 4.69) is 23.1 Å². The number of hydrogen-bond donors (Lipinski definition) is 1. The zero-order valence-corrected chi connectivity index (χ0v) is 14.8. The summed E-state index contributed by atoms with van der Waals surface area (Å²) in [6.45, 7) is 6.54.